The molecule has 1 N–H and O–H groups in total. The molecule has 0 spiro atoms. The molecular formula is C21H27N3O. The molecule has 0 aliphatic carbocycles. The van der Waals surface area contributed by atoms with Crippen molar-refractivity contribution in [2.24, 2.45) is 0 Å². The largest absolute Gasteiger partial charge is 0.384 e. The molecule has 0 unspecified atom stereocenters. The Morgan fingerprint density at radius 2 is 1.60 bits per heavy atom. The van der Waals surface area contributed by atoms with Crippen LogP contribution in [0, 0.1) is 0 Å². The number of carbonyl (C=O) groups is 1. The highest BCUT2D eigenvalue weighted by molar-refractivity contribution is 6.06. The summed E-state index contributed by atoms with van der Waals surface area (Å²) in [5.41, 5.74) is 3.88. The van der Waals surface area contributed by atoms with Gasteiger partial charge in [0.1, 0.15) is 0 Å². The molecule has 0 radical (unpaired) electrons. The number of nitrogens with one attached hydrogen (secondary N) is 1. The third-order valence-corrected chi connectivity index (χ3v) is 3.89. The first-order valence-electron chi connectivity index (χ1n) is 8.44. The van der Waals surface area contributed by atoms with Crippen LogP contribution in [0.25, 0.3) is 6.08 Å². The number of ketones is 1. The van der Waals surface area contributed by atoms with Crippen LogP contribution in [0.1, 0.15) is 15.9 Å². The molecular weight excluding hydrogens is 310 g/mol. The number of benzene rings is 2. The van der Waals surface area contributed by atoms with Gasteiger partial charge in [0.2, 0.25) is 0 Å². The van der Waals surface area contributed by atoms with Crippen molar-refractivity contribution in [2.75, 3.05) is 51.5 Å². The predicted molar refractivity (Wildman–Crippen MR) is 108 cm³/mol. The highest BCUT2D eigenvalue weighted by Crippen LogP contribution is 2.14. The Hall–Kier alpha value is -2.59. The third-order valence-electron chi connectivity index (χ3n) is 3.89. The molecule has 4 heteroatoms. The van der Waals surface area contributed by atoms with Crippen molar-refractivity contribution in [1.29, 1.82) is 0 Å². The van der Waals surface area contributed by atoms with Gasteiger partial charge in [0.05, 0.1) is 0 Å². The molecule has 2 aromatic rings. The van der Waals surface area contributed by atoms with Crippen LogP contribution in [-0.4, -0.2) is 52.0 Å². The van der Waals surface area contributed by atoms with Crippen molar-refractivity contribution >= 4 is 23.2 Å². The molecule has 0 amide bonds. The smallest absolute Gasteiger partial charge is 0.185 e. The number of likely N-dealkylation sites (N-methyl/N-ethyl adjacent to an activating group) is 1. The van der Waals surface area contributed by atoms with E-state index < -0.39 is 0 Å². The maximum atomic E-state index is 12.3. The van der Waals surface area contributed by atoms with Crippen molar-refractivity contribution in [3.05, 3.63) is 65.7 Å². The Kier molecular flexibility index (Phi) is 6.78. The van der Waals surface area contributed by atoms with Crippen LogP contribution in [0.5, 0.6) is 0 Å². The average Bonchev–Trinajstić information content (AvgIpc) is 2.60. The number of anilines is 2. The minimum absolute atomic E-state index is 0.0107. The summed E-state index contributed by atoms with van der Waals surface area (Å²) in [5.74, 6) is 0.0107. The van der Waals surface area contributed by atoms with E-state index >= 15 is 0 Å². The molecule has 0 saturated heterocycles. The summed E-state index contributed by atoms with van der Waals surface area (Å²) >= 11 is 0. The van der Waals surface area contributed by atoms with Gasteiger partial charge < -0.3 is 15.1 Å². The number of rotatable bonds is 8. The zero-order valence-electron chi connectivity index (χ0n) is 15.5. The van der Waals surface area contributed by atoms with Crippen LogP contribution in [-0.2, 0) is 0 Å². The zero-order valence-corrected chi connectivity index (χ0v) is 15.5. The fourth-order valence-electron chi connectivity index (χ4n) is 2.33. The maximum Gasteiger partial charge on any atom is 0.185 e. The van der Waals surface area contributed by atoms with Crippen LogP contribution in [0.4, 0.5) is 11.4 Å². The highest BCUT2D eigenvalue weighted by atomic mass is 16.1. The fraction of sp³-hybridized carbons (Fsp3) is 0.286. The quantitative estimate of drug-likeness (QED) is 0.589. The number of carbonyl (C=O) groups excluding carboxylic acids is 1. The number of allylic oxidation sites excluding steroid dienone is 1. The van der Waals surface area contributed by atoms with E-state index in [0.717, 1.165) is 30.0 Å². The van der Waals surface area contributed by atoms with Crippen molar-refractivity contribution in [1.82, 2.24) is 4.90 Å². The Morgan fingerprint density at radius 1 is 0.960 bits per heavy atom. The van der Waals surface area contributed by atoms with Gasteiger partial charge in [0.15, 0.2) is 5.78 Å². The van der Waals surface area contributed by atoms with Gasteiger partial charge in [0, 0.05) is 44.1 Å². The first kappa shape index (κ1) is 18.7. The van der Waals surface area contributed by atoms with E-state index in [1.165, 1.54) is 0 Å². The van der Waals surface area contributed by atoms with Gasteiger partial charge in [-0.15, -0.1) is 0 Å². The van der Waals surface area contributed by atoms with Gasteiger partial charge in [0.25, 0.3) is 0 Å². The van der Waals surface area contributed by atoms with Gasteiger partial charge in [-0.25, -0.2) is 0 Å². The second kappa shape index (κ2) is 9.04. The molecule has 4 nitrogen and oxygen atoms in total. The molecule has 132 valence electrons. The van der Waals surface area contributed by atoms with E-state index in [9.17, 15) is 4.79 Å². The lowest BCUT2D eigenvalue weighted by Gasteiger charge is -2.11. The van der Waals surface area contributed by atoms with E-state index in [1.54, 1.807) is 6.08 Å². The molecule has 0 aliphatic heterocycles. The van der Waals surface area contributed by atoms with Gasteiger partial charge in [-0.1, -0.05) is 18.2 Å². The summed E-state index contributed by atoms with van der Waals surface area (Å²) in [6.07, 6.45) is 3.48. The predicted octanol–water partition coefficient (Wildman–Crippen LogP) is 3.62. The lowest BCUT2D eigenvalue weighted by atomic mass is 10.1. The summed E-state index contributed by atoms with van der Waals surface area (Å²) in [6.45, 7) is 1.85. The normalized spacial score (nSPS) is 11.1. The first-order chi connectivity index (χ1) is 12.0. The molecule has 0 atom stereocenters. The SMILES string of the molecule is CN(C)CCNc1ccc(C(=O)C=Cc2ccc(N(C)C)cc2)cc1. The van der Waals surface area contributed by atoms with E-state index in [0.29, 0.717) is 5.56 Å². The van der Waals surface area contributed by atoms with Crippen LogP contribution < -0.4 is 10.2 Å². The Morgan fingerprint density at radius 3 is 2.16 bits per heavy atom. The standard InChI is InChI=1S/C21H27N3O/c1-23(2)16-15-22-19-10-8-18(9-11-19)21(25)14-7-17-5-12-20(13-6-17)24(3)4/h5-14,22H,15-16H2,1-4H3. The van der Waals surface area contributed by atoms with Crippen molar-refractivity contribution in [3.8, 4) is 0 Å². The number of hydrogen-bond donors (Lipinski definition) is 1. The lowest BCUT2D eigenvalue weighted by Crippen LogP contribution is -2.20. The molecule has 0 bridgehead atoms. The average molecular weight is 337 g/mol. The van der Waals surface area contributed by atoms with Crippen molar-refractivity contribution in [2.45, 2.75) is 0 Å². The topological polar surface area (TPSA) is 35.6 Å². The van der Waals surface area contributed by atoms with Crippen molar-refractivity contribution < 1.29 is 4.79 Å². The molecule has 25 heavy (non-hydrogen) atoms. The third kappa shape index (κ3) is 6.08. The van der Waals surface area contributed by atoms with E-state index in [-0.39, 0.29) is 5.78 Å². The van der Waals surface area contributed by atoms with E-state index in [4.69, 9.17) is 0 Å². The molecule has 0 aromatic heterocycles. The molecule has 0 saturated carbocycles. The monoisotopic (exact) mass is 337 g/mol. The summed E-state index contributed by atoms with van der Waals surface area (Å²) in [5, 5.41) is 3.34. The van der Waals surface area contributed by atoms with Crippen LogP contribution in [0.2, 0.25) is 0 Å². The second-order valence-electron chi connectivity index (χ2n) is 6.49. The molecule has 0 heterocycles. The van der Waals surface area contributed by atoms with Crippen LogP contribution in [0.15, 0.2) is 54.6 Å². The van der Waals surface area contributed by atoms with Gasteiger partial charge in [-0.2, -0.15) is 0 Å². The summed E-state index contributed by atoms with van der Waals surface area (Å²) in [4.78, 5) is 16.5. The minimum Gasteiger partial charge on any atom is -0.384 e. The first-order valence-corrected chi connectivity index (χ1v) is 8.44. The summed E-state index contributed by atoms with van der Waals surface area (Å²) in [6, 6.07) is 15.7. The van der Waals surface area contributed by atoms with E-state index in [2.05, 4.69) is 10.2 Å². The highest BCUT2D eigenvalue weighted by Gasteiger charge is 2.02. The van der Waals surface area contributed by atoms with Gasteiger partial charge in [-0.05, 0) is 62.1 Å². The summed E-state index contributed by atoms with van der Waals surface area (Å²) in [7, 11) is 8.11. The fourth-order valence-corrected chi connectivity index (χ4v) is 2.33. The molecule has 0 aliphatic rings. The zero-order chi connectivity index (χ0) is 18.2. The second-order valence-corrected chi connectivity index (χ2v) is 6.49. The van der Waals surface area contributed by atoms with Gasteiger partial charge in [-0.3, -0.25) is 4.79 Å². The molecule has 2 rings (SSSR count). The van der Waals surface area contributed by atoms with Gasteiger partial charge >= 0.3 is 0 Å². The van der Waals surface area contributed by atoms with Crippen LogP contribution >= 0.6 is 0 Å². The lowest BCUT2D eigenvalue weighted by molar-refractivity contribution is 0.104. The Labute approximate surface area is 150 Å². The summed E-state index contributed by atoms with van der Waals surface area (Å²) < 4.78 is 0. The number of nitrogens with zero attached hydrogens (tertiary/aromatic N) is 2. The van der Waals surface area contributed by atoms with Crippen LogP contribution in [0.3, 0.4) is 0 Å². The Bertz CT molecular complexity index is 701. The Balaban J connectivity index is 1.93. The number of hydrogen-bond acceptors (Lipinski definition) is 4. The van der Waals surface area contributed by atoms with Crippen molar-refractivity contribution in [3.63, 3.8) is 0 Å². The molecule has 2 aromatic carbocycles. The van der Waals surface area contributed by atoms with E-state index in [1.807, 2.05) is 87.7 Å². The maximum absolute atomic E-state index is 12.3. The minimum atomic E-state index is 0.0107. The molecule has 0 fully saturated rings.